The quantitative estimate of drug-likeness (QED) is 0.469. The second-order valence-electron chi connectivity index (χ2n) is 3.20. The number of hydroxylamine groups is 1. The van der Waals surface area contributed by atoms with Crippen molar-refractivity contribution in [2.24, 2.45) is 5.41 Å². The van der Waals surface area contributed by atoms with Crippen molar-refractivity contribution in [3.63, 3.8) is 0 Å². The lowest BCUT2D eigenvalue weighted by Gasteiger charge is -2.21. The average molecular weight is 144 g/mol. The van der Waals surface area contributed by atoms with E-state index in [0.717, 1.165) is 13.0 Å². The van der Waals surface area contributed by atoms with Crippen molar-refractivity contribution in [2.75, 3.05) is 13.2 Å². The van der Waals surface area contributed by atoms with Gasteiger partial charge in [0.25, 0.3) is 0 Å². The van der Waals surface area contributed by atoms with Gasteiger partial charge >= 0.3 is 0 Å². The first kappa shape index (κ1) is 9.92. The summed E-state index contributed by atoms with van der Waals surface area (Å²) in [4.78, 5) is 5.13. The summed E-state index contributed by atoms with van der Waals surface area (Å²) in [6.07, 6.45) is 1.13. The number of rotatable bonds is 5. The van der Waals surface area contributed by atoms with Crippen LogP contribution < -0.4 is 5.48 Å². The molecule has 0 rings (SSSR count). The summed E-state index contributed by atoms with van der Waals surface area (Å²) < 4.78 is 0. The zero-order valence-corrected chi connectivity index (χ0v) is 7.24. The van der Waals surface area contributed by atoms with Gasteiger partial charge in [0.15, 0.2) is 0 Å². The summed E-state index contributed by atoms with van der Waals surface area (Å²) in [5.41, 5.74) is 3.01. The molecule has 0 aromatic carbocycles. The fourth-order valence-electron chi connectivity index (χ4n) is 0.421. The molecule has 0 aliphatic rings. The topological polar surface area (TPSA) is 21.3 Å². The molecule has 0 saturated heterocycles. The minimum absolute atomic E-state index is 0.280. The van der Waals surface area contributed by atoms with Crippen molar-refractivity contribution in [3.8, 4) is 0 Å². The second kappa shape index (κ2) is 4.69. The van der Waals surface area contributed by atoms with Crippen LogP contribution in [-0.4, -0.2) is 13.2 Å². The zero-order valence-electron chi connectivity index (χ0n) is 7.24. The Labute approximate surface area is 63.9 Å². The highest BCUT2D eigenvalue weighted by Crippen LogP contribution is 2.18. The van der Waals surface area contributed by atoms with E-state index >= 15 is 0 Å². The minimum Gasteiger partial charge on any atom is -0.301 e. The van der Waals surface area contributed by atoms with Gasteiger partial charge in [-0.25, -0.2) is 5.48 Å². The normalized spacial score (nSPS) is 12.0. The van der Waals surface area contributed by atoms with Crippen LogP contribution in [0, 0.1) is 12.3 Å². The predicted octanol–water partition coefficient (Wildman–Crippen LogP) is 1.78. The molecule has 0 saturated carbocycles. The standard InChI is InChI=1S/C8H18NO/c1-5-8(3,4)7-10-9-6-2/h9H,2,5-7H2,1,3-4H3. The van der Waals surface area contributed by atoms with E-state index in [2.05, 4.69) is 33.2 Å². The molecule has 0 aromatic heterocycles. The highest BCUT2D eigenvalue weighted by molar-refractivity contribution is 4.63. The van der Waals surface area contributed by atoms with Crippen LogP contribution in [0.1, 0.15) is 27.2 Å². The highest BCUT2D eigenvalue weighted by atomic mass is 16.6. The Morgan fingerprint density at radius 1 is 1.50 bits per heavy atom. The summed E-state index contributed by atoms with van der Waals surface area (Å²) in [6, 6.07) is 0. The molecule has 2 nitrogen and oxygen atoms in total. The van der Waals surface area contributed by atoms with E-state index in [-0.39, 0.29) is 5.41 Å². The first-order valence-corrected chi connectivity index (χ1v) is 3.76. The Kier molecular flexibility index (Phi) is 4.65. The molecule has 10 heavy (non-hydrogen) atoms. The largest absolute Gasteiger partial charge is 0.301 e. The van der Waals surface area contributed by atoms with Gasteiger partial charge in [0.1, 0.15) is 0 Å². The van der Waals surface area contributed by atoms with E-state index in [0.29, 0.717) is 6.54 Å². The van der Waals surface area contributed by atoms with Gasteiger partial charge in [-0.1, -0.05) is 20.8 Å². The summed E-state index contributed by atoms with van der Waals surface area (Å²) in [6.45, 7) is 11.5. The summed E-state index contributed by atoms with van der Waals surface area (Å²) in [5, 5.41) is 0. The molecule has 0 aliphatic carbocycles. The monoisotopic (exact) mass is 144 g/mol. The molecule has 2 heteroatoms. The van der Waals surface area contributed by atoms with Crippen molar-refractivity contribution in [1.82, 2.24) is 5.48 Å². The molecule has 61 valence electrons. The van der Waals surface area contributed by atoms with Gasteiger partial charge in [-0.05, 0) is 18.8 Å². The van der Waals surface area contributed by atoms with Crippen LogP contribution in [0.15, 0.2) is 0 Å². The third-order valence-electron chi connectivity index (χ3n) is 1.62. The van der Waals surface area contributed by atoms with Crippen LogP contribution in [0.5, 0.6) is 0 Å². The van der Waals surface area contributed by atoms with Gasteiger partial charge in [0.05, 0.1) is 6.61 Å². The Balaban J connectivity index is 3.28. The fraction of sp³-hybridized carbons (Fsp3) is 0.875. The van der Waals surface area contributed by atoms with Crippen LogP contribution in [0.2, 0.25) is 0 Å². The maximum absolute atomic E-state index is 5.13. The van der Waals surface area contributed by atoms with Gasteiger partial charge in [0, 0.05) is 6.54 Å². The maximum atomic E-state index is 5.13. The third kappa shape index (κ3) is 4.77. The summed E-state index contributed by atoms with van der Waals surface area (Å²) in [7, 11) is 0. The van der Waals surface area contributed by atoms with Crippen LogP contribution in [0.4, 0.5) is 0 Å². The molecule has 0 aromatic rings. The van der Waals surface area contributed by atoms with Crippen LogP contribution >= 0.6 is 0 Å². The fourth-order valence-corrected chi connectivity index (χ4v) is 0.421. The first-order valence-electron chi connectivity index (χ1n) is 3.76. The smallest absolute Gasteiger partial charge is 0.0733 e. The molecule has 0 amide bonds. The van der Waals surface area contributed by atoms with Crippen molar-refractivity contribution in [1.29, 1.82) is 0 Å². The van der Waals surface area contributed by atoms with Gasteiger partial charge in [-0.2, -0.15) is 0 Å². The first-order chi connectivity index (χ1) is 4.62. The molecule has 0 atom stereocenters. The van der Waals surface area contributed by atoms with Crippen LogP contribution in [-0.2, 0) is 4.84 Å². The molecular formula is C8H18NO. The second-order valence-corrected chi connectivity index (χ2v) is 3.20. The molecule has 1 radical (unpaired) electrons. The maximum Gasteiger partial charge on any atom is 0.0733 e. The van der Waals surface area contributed by atoms with Gasteiger partial charge in [0.2, 0.25) is 0 Å². The average Bonchev–Trinajstić information content (AvgIpc) is 1.89. The van der Waals surface area contributed by atoms with Crippen LogP contribution in [0.25, 0.3) is 0 Å². The van der Waals surface area contributed by atoms with Gasteiger partial charge < -0.3 is 4.84 Å². The predicted molar refractivity (Wildman–Crippen MR) is 43.4 cm³/mol. The number of nitrogens with one attached hydrogen (secondary N) is 1. The van der Waals surface area contributed by atoms with E-state index in [9.17, 15) is 0 Å². The summed E-state index contributed by atoms with van der Waals surface area (Å²) in [5.74, 6) is 0. The minimum atomic E-state index is 0.280. The summed E-state index contributed by atoms with van der Waals surface area (Å²) >= 11 is 0. The van der Waals surface area contributed by atoms with Crippen LogP contribution in [0.3, 0.4) is 0 Å². The Hall–Kier alpha value is -0.0800. The molecule has 1 N–H and O–H groups in total. The van der Waals surface area contributed by atoms with Gasteiger partial charge in [-0.15, -0.1) is 0 Å². The third-order valence-corrected chi connectivity index (χ3v) is 1.62. The molecule has 0 bridgehead atoms. The zero-order chi connectivity index (χ0) is 8.04. The molecule has 0 heterocycles. The van der Waals surface area contributed by atoms with E-state index in [1.807, 2.05) is 0 Å². The highest BCUT2D eigenvalue weighted by Gasteiger charge is 2.14. The lowest BCUT2D eigenvalue weighted by Crippen LogP contribution is -2.24. The van der Waals surface area contributed by atoms with E-state index in [4.69, 9.17) is 4.84 Å². The number of hydrogen-bond acceptors (Lipinski definition) is 2. The SMILES string of the molecule is [CH2]CNOCC(C)(C)CC. The van der Waals surface area contributed by atoms with Crippen molar-refractivity contribution < 1.29 is 4.84 Å². The molecule has 0 unspecified atom stereocenters. The van der Waals surface area contributed by atoms with E-state index < -0.39 is 0 Å². The van der Waals surface area contributed by atoms with Crippen molar-refractivity contribution >= 4 is 0 Å². The molecule has 0 spiro atoms. The molecular weight excluding hydrogens is 126 g/mol. The van der Waals surface area contributed by atoms with Crippen molar-refractivity contribution in [2.45, 2.75) is 27.2 Å². The molecule has 0 fully saturated rings. The lowest BCUT2D eigenvalue weighted by atomic mass is 9.92. The Morgan fingerprint density at radius 3 is 2.50 bits per heavy atom. The number of hydrogen-bond donors (Lipinski definition) is 1. The molecule has 0 aliphatic heterocycles. The lowest BCUT2D eigenvalue weighted by molar-refractivity contribution is -0.00480. The van der Waals surface area contributed by atoms with E-state index in [1.165, 1.54) is 0 Å². The van der Waals surface area contributed by atoms with Crippen molar-refractivity contribution in [3.05, 3.63) is 6.92 Å². The Morgan fingerprint density at radius 2 is 2.10 bits per heavy atom. The van der Waals surface area contributed by atoms with E-state index in [1.54, 1.807) is 0 Å². The Bertz CT molecular complexity index is 81.3. The van der Waals surface area contributed by atoms with Gasteiger partial charge in [-0.3, -0.25) is 0 Å².